The van der Waals surface area contributed by atoms with Crippen molar-refractivity contribution in [3.05, 3.63) is 47.2 Å². The van der Waals surface area contributed by atoms with Crippen molar-refractivity contribution in [2.45, 2.75) is 128 Å². The van der Waals surface area contributed by atoms with Gasteiger partial charge < -0.3 is 29.7 Å². The number of allylic oxidation sites excluding steroid dienone is 1. The maximum Gasteiger partial charge on any atom is 0.408 e. The van der Waals surface area contributed by atoms with Gasteiger partial charge >= 0.3 is 12.1 Å². The maximum absolute atomic E-state index is 14.6. The van der Waals surface area contributed by atoms with Crippen LogP contribution in [0.5, 0.6) is 5.75 Å². The SMILES string of the molecule is CCOC(=O)[C@@]12CC1/C=C\CCCCC[C@H](NC(=O)OC(C)(C)C)C(=O)N1C[C@@]3(CC(=O)c4c(c(CC)nc5ccc(C)cc45)O3)C[C@H]1C(=O)N2. The number of carbonyl (C=O) groups is 5. The predicted octanol–water partition coefficient (Wildman–Crippen LogP) is 5.26. The second-order valence-electron chi connectivity index (χ2n) is 15.5. The fourth-order valence-corrected chi connectivity index (χ4v) is 7.75. The highest BCUT2D eigenvalue weighted by atomic mass is 16.6. The Morgan fingerprint density at radius 1 is 1.12 bits per heavy atom. The van der Waals surface area contributed by atoms with E-state index in [0.717, 1.165) is 24.8 Å². The van der Waals surface area contributed by atoms with Crippen molar-refractivity contribution in [2.75, 3.05) is 13.2 Å². The first-order valence-corrected chi connectivity index (χ1v) is 18.3. The number of fused-ring (bicyclic) bond motifs is 5. The molecule has 5 atom stereocenters. The number of hydrogen-bond acceptors (Lipinski definition) is 9. The summed E-state index contributed by atoms with van der Waals surface area (Å²) >= 11 is 0. The van der Waals surface area contributed by atoms with E-state index in [4.69, 9.17) is 19.2 Å². The molecule has 4 aliphatic rings. The second kappa shape index (κ2) is 13.9. The Morgan fingerprint density at radius 2 is 1.90 bits per heavy atom. The molecule has 12 nitrogen and oxygen atoms in total. The van der Waals surface area contributed by atoms with Crippen LogP contribution < -0.4 is 15.4 Å². The number of ether oxygens (including phenoxy) is 3. The minimum absolute atomic E-state index is 0.00330. The normalized spacial score (nSPS) is 28.7. The van der Waals surface area contributed by atoms with Crippen LogP contribution in [-0.4, -0.2) is 81.5 Å². The molecular formula is C39H50N4O8. The van der Waals surface area contributed by atoms with Crippen LogP contribution in [0.4, 0.5) is 4.79 Å². The van der Waals surface area contributed by atoms with Gasteiger partial charge in [0.25, 0.3) is 0 Å². The maximum atomic E-state index is 14.6. The Hall–Kier alpha value is -4.48. The summed E-state index contributed by atoms with van der Waals surface area (Å²) in [5.74, 6) is -1.57. The summed E-state index contributed by atoms with van der Waals surface area (Å²) in [4.78, 5) is 75.9. The first-order chi connectivity index (χ1) is 24.2. The van der Waals surface area contributed by atoms with Crippen molar-refractivity contribution in [3.63, 3.8) is 0 Å². The molecule has 1 aromatic heterocycles. The van der Waals surface area contributed by atoms with Gasteiger partial charge in [0, 0.05) is 17.7 Å². The topological polar surface area (TPSA) is 153 Å². The highest BCUT2D eigenvalue weighted by molar-refractivity contribution is 6.11. The number of nitrogens with one attached hydrogen (secondary N) is 2. The van der Waals surface area contributed by atoms with Crippen molar-refractivity contribution in [2.24, 2.45) is 5.92 Å². The zero-order valence-electron chi connectivity index (χ0n) is 30.6. The fourth-order valence-electron chi connectivity index (χ4n) is 7.75. The van der Waals surface area contributed by atoms with Gasteiger partial charge in [-0.05, 0) is 78.9 Å². The number of hydrogen-bond donors (Lipinski definition) is 2. The Balaban J connectivity index is 1.40. The van der Waals surface area contributed by atoms with Crippen LogP contribution in [0.25, 0.3) is 10.9 Å². The quantitative estimate of drug-likeness (QED) is 0.321. The molecule has 0 radical (unpaired) electrons. The monoisotopic (exact) mass is 702 g/mol. The smallest absolute Gasteiger partial charge is 0.408 e. The molecule has 2 N–H and O–H groups in total. The van der Waals surface area contributed by atoms with Gasteiger partial charge in [0.2, 0.25) is 11.8 Å². The van der Waals surface area contributed by atoms with E-state index in [9.17, 15) is 24.0 Å². The fraction of sp³-hybridized carbons (Fsp3) is 0.590. The number of aryl methyl sites for hydroxylation is 2. The van der Waals surface area contributed by atoms with Gasteiger partial charge in [0.05, 0.1) is 36.3 Å². The molecule has 3 aliphatic heterocycles. The Morgan fingerprint density at radius 3 is 2.63 bits per heavy atom. The van der Waals surface area contributed by atoms with Crippen LogP contribution >= 0.6 is 0 Å². The Labute approximate surface area is 299 Å². The molecule has 6 rings (SSSR count). The molecule has 0 bridgehead atoms. The summed E-state index contributed by atoms with van der Waals surface area (Å²) in [7, 11) is 0. The molecule has 2 aromatic rings. The van der Waals surface area contributed by atoms with Crippen LogP contribution in [-0.2, 0) is 30.3 Å². The number of esters is 1. The molecule has 274 valence electrons. The number of rotatable bonds is 4. The molecular weight excluding hydrogens is 652 g/mol. The largest absolute Gasteiger partial charge is 0.482 e. The summed E-state index contributed by atoms with van der Waals surface area (Å²) in [6.07, 6.45) is 7.47. The van der Waals surface area contributed by atoms with Gasteiger partial charge in [0.1, 0.15) is 28.8 Å². The van der Waals surface area contributed by atoms with E-state index in [1.165, 1.54) is 4.90 Å². The van der Waals surface area contributed by atoms with Crippen LogP contribution in [0, 0.1) is 12.8 Å². The van der Waals surface area contributed by atoms with Gasteiger partial charge in [-0.3, -0.25) is 14.4 Å². The lowest BCUT2D eigenvalue weighted by Gasteiger charge is -2.36. The Bertz CT molecular complexity index is 1780. The zero-order chi connectivity index (χ0) is 36.7. The highest BCUT2D eigenvalue weighted by Gasteiger charge is 2.63. The van der Waals surface area contributed by atoms with Gasteiger partial charge in [-0.1, -0.05) is 43.5 Å². The number of ketones is 1. The van der Waals surface area contributed by atoms with E-state index in [1.54, 1.807) is 27.7 Å². The molecule has 1 aromatic carbocycles. The van der Waals surface area contributed by atoms with Gasteiger partial charge in [-0.15, -0.1) is 0 Å². The first-order valence-electron chi connectivity index (χ1n) is 18.3. The molecule has 1 saturated heterocycles. The molecule has 51 heavy (non-hydrogen) atoms. The standard InChI is InChI=1S/C39H50N4O8/c1-7-26-32-31(25-18-23(3)16-17-27(25)40-26)30(44)21-38(50-32)20-29-33(45)42-39(35(47)49-8-2)19-24(39)14-12-10-9-11-13-15-28(34(46)43(29)22-38)41-36(48)51-37(4,5)6/h12,14,16-18,24,28-29H,7-11,13,15,19-22H2,1-6H3,(H,41,48)(H,42,45)/b14-12-/t24?,28-,29-,38-,39+/m0/s1. The van der Waals surface area contributed by atoms with E-state index in [0.29, 0.717) is 53.6 Å². The molecule has 1 saturated carbocycles. The number of Topliss-reactive ketones (excluding diaryl/α,β-unsaturated/α-hetero) is 1. The van der Waals surface area contributed by atoms with Gasteiger partial charge in [0.15, 0.2) is 11.5 Å². The predicted molar refractivity (Wildman–Crippen MR) is 189 cm³/mol. The molecule has 12 heteroatoms. The van der Waals surface area contributed by atoms with Crippen LogP contribution in [0.1, 0.15) is 108 Å². The summed E-state index contributed by atoms with van der Waals surface area (Å²) in [5.41, 5.74) is -0.534. The molecule has 1 spiro atoms. The second-order valence-corrected chi connectivity index (χ2v) is 15.5. The van der Waals surface area contributed by atoms with Crippen molar-refractivity contribution in [3.8, 4) is 5.75 Å². The third kappa shape index (κ3) is 7.32. The summed E-state index contributed by atoms with van der Waals surface area (Å²) in [6, 6.07) is 3.68. The lowest BCUT2D eigenvalue weighted by Crippen LogP contribution is -2.57. The number of aromatic nitrogens is 1. The average molecular weight is 703 g/mol. The number of carbonyl (C=O) groups excluding carboxylic acids is 5. The number of alkyl carbamates (subject to hydrolysis) is 1. The van der Waals surface area contributed by atoms with Crippen molar-refractivity contribution in [1.29, 1.82) is 0 Å². The summed E-state index contributed by atoms with van der Waals surface area (Å²) in [5, 5.41) is 6.46. The van der Waals surface area contributed by atoms with Crippen LogP contribution in [0.2, 0.25) is 0 Å². The van der Waals surface area contributed by atoms with E-state index in [2.05, 4.69) is 10.6 Å². The number of nitrogens with zero attached hydrogens (tertiary/aromatic N) is 2. The lowest BCUT2D eigenvalue weighted by molar-refractivity contribution is -0.150. The van der Waals surface area contributed by atoms with Gasteiger partial charge in [-0.2, -0.15) is 0 Å². The zero-order valence-corrected chi connectivity index (χ0v) is 30.6. The molecule has 3 amide bonds. The van der Waals surface area contributed by atoms with Crippen molar-refractivity contribution >= 4 is 40.6 Å². The molecule has 2 fully saturated rings. The number of benzene rings is 1. The average Bonchev–Trinajstić information content (AvgIpc) is 3.63. The number of pyridine rings is 1. The van der Waals surface area contributed by atoms with E-state index in [1.807, 2.05) is 44.2 Å². The van der Waals surface area contributed by atoms with E-state index < -0.39 is 52.7 Å². The minimum Gasteiger partial charge on any atom is -0.482 e. The van der Waals surface area contributed by atoms with Gasteiger partial charge in [-0.25, -0.2) is 14.6 Å². The third-order valence-corrected chi connectivity index (χ3v) is 10.3. The highest BCUT2D eigenvalue weighted by Crippen LogP contribution is 2.48. The lowest BCUT2D eigenvalue weighted by atomic mass is 9.85. The van der Waals surface area contributed by atoms with E-state index >= 15 is 0 Å². The van der Waals surface area contributed by atoms with Crippen LogP contribution in [0.15, 0.2) is 30.4 Å². The molecule has 1 unspecified atom stereocenters. The summed E-state index contributed by atoms with van der Waals surface area (Å²) in [6.45, 7) is 10.9. The Kier molecular flexibility index (Phi) is 9.91. The van der Waals surface area contributed by atoms with Crippen molar-refractivity contribution in [1.82, 2.24) is 20.5 Å². The third-order valence-electron chi connectivity index (χ3n) is 10.3. The van der Waals surface area contributed by atoms with E-state index in [-0.39, 0.29) is 37.7 Å². The van der Waals surface area contributed by atoms with Crippen molar-refractivity contribution < 1.29 is 38.2 Å². The van der Waals surface area contributed by atoms with Crippen LogP contribution in [0.3, 0.4) is 0 Å². The minimum atomic E-state index is -1.26. The summed E-state index contributed by atoms with van der Waals surface area (Å²) < 4.78 is 17.8. The number of amides is 3. The molecule has 4 heterocycles. The first kappa shape index (κ1) is 36.3. The molecule has 1 aliphatic carbocycles.